The number of likely N-dealkylation sites (tertiary alicyclic amines) is 1. The maximum atomic E-state index is 14.6. The van der Waals surface area contributed by atoms with Gasteiger partial charge in [-0.2, -0.15) is 0 Å². The largest absolute Gasteiger partial charge is 0.390 e. The molecule has 0 unspecified atom stereocenters. The average molecular weight is 930 g/mol. The van der Waals surface area contributed by atoms with Crippen LogP contribution in [0.5, 0.6) is 0 Å². The zero-order valence-electron chi connectivity index (χ0n) is 39.3. The van der Waals surface area contributed by atoms with Crippen LogP contribution in [-0.2, 0) is 52.8 Å². The number of amides is 7. The maximum Gasteiger partial charge on any atom is 0.246 e. The van der Waals surface area contributed by atoms with Crippen molar-refractivity contribution in [2.45, 2.75) is 160 Å². The van der Waals surface area contributed by atoms with Gasteiger partial charge in [0.25, 0.3) is 0 Å². The number of nitrogens with one attached hydrogen (secondary N) is 7. The lowest BCUT2D eigenvalue weighted by Crippen LogP contribution is -2.59. The summed E-state index contributed by atoms with van der Waals surface area (Å²) < 4.78 is 0. The second kappa shape index (κ2) is 25.7. The normalized spacial score (nSPS) is 18.0. The van der Waals surface area contributed by atoms with Crippen molar-refractivity contribution < 1.29 is 38.7 Å². The Labute approximate surface area is 392 Å². The number of rotatable bonds is 25. The fourth-order valence-corrected chi connectivity index (χ4v) is 9.05. The molecule has 2 aliphatic rings. The van der Waals surface area contributed by atoms with E-state index < -0.39 is 84.2 Å². The number of aliphatic hydroxyl groups excluding tert-OH is 1. The number of nitrogens with two attached hydrogens (primary N) is 1. The number of hydrogen-bond donors (Lipinski definition) is 9. The smallest absolute Gasteiger partial charge is 0.246 e. The molecule has 1 aliphatic carbocycles. The molecule has 0 bridgehead atoms. The number of carbonyl (C=O) groups is 7. The van der Waals surface area contributed by atoms with E-state index >= 15 is 0 Å². The van der Waals surface area contributed by atoms with E-state index in [1.807, 2.05) is 58.0 Å². The Morgan fingerprint density at radius 2 is 1.30 bits per heavy atom. The van der Waals surface area contributed by atoms with Gasteiger partial charge in [-0.3, -0.25) is 33.6 Å². The first kappa shape index (κ1) is 51.9. The molecule has 19 heteroatoms. The highest BCUT2D eigenvalue weighted by Crippen LogP contribution is 2.29. The molecule has 7 atom stereocenters. The summed E-state index contributed by atoms with van der Waals surface area (Å²) in [7, 11) is 0. The van der Waals surface area contributed by atoms with E-state index in [9.17, 15) is 38.7 Å². The molecule has 2 aromatic heterocycles. The molecule has 0 radical (unpaired) electrons. The second-order valence-corrected chi connectivity index (χ2v) is 19.1. The summed E-state index contributed by atoms with van der Waals surface area (Å²) in [5.74, 6) is -3.58. The maximum absolute atomic E-state index is 14.6. The van der Waals surface area contributed by atoms with E-state index in [2.05, 4.69) is 46.5 Å². The van der Waals surface area contributed by atoms with Gasteiger partial charge in [-0.05, 0) is 49.0 Å². The summed E-state index contributed by atoms with van der Waals surface area (Å²) in [4.78, 5) is 111. The lowest BCUT2D eigenvalue weighted by molar-refractivity contribution is -0.142. The standard InChI is InChI=1S/C48H71N11O8/c1-29(2)18-36(44(49)63)54-43(62)24-41(60)35(20-31-12-7-5-8-13-31)56-46(65)38(22-33-25-50-27-52-33)57-45(64)37(21-32-14-9-6-10-15-32)58-47(66)40-16-11-17-59(40)48(67)39(23-34-26-51-28-53-34)55-42(61)19-30(3)4/h6,9-10,14-15,25-31,35-41,60H,5,7-8,11-13,16-24H2,1-4H3,(H2,49,63)(H,50,52)(H,51,53)(H,54,62)(H,55,61)(H,56,65)(H,57,64)(H,58,66)/t35-,36-,37-,38-,39-,40-,41-/m0/s1. The number of imidazole rings is 2. The topological polar surface area (TPSA) is 286 Å². The van der Waals surface area contributed by atoms with Crippen LogP contribution in [0.15, 0.2) is 55.4 Å². The highest BCUT2D eigenvalue weighted by atomic mass is 16.3. The summed E-state index contributed by atoms with van der Waals surface area (Å²) in [6.45, 7) is 7.86. The molecular weight excluding hydrogens is 859 g/mol. The van der Waals surface area contributed by atoms with Crippen LogP contribution in [0.2, 0.25) is 0 Å². The lowest BCUT2D eigenvalue weighted by atomic mass is 9.83. The Morgan fingerprint density at radius 3 is 1.90 bits per heavy atom. The minimum absolute atomic E-state index is 0.0308. The van der Waals surface area contributed by atoms with Crippen molar-refractivity contribution in [3.05, 3.63) is 72.3 Å². The molecular formula is C48H71N11O8. The molecule has 7 amide bonds. The number of aliphatic hydroxyl groups is 1. The van der Waals surface area contributed by atoms with Crippen LogP contribution in [0, 0.1) is 17.8 Å². The number of aromatic nitrogens is 4. The van der Waals surface area contributed by atoms with Gasteiger partial charge >= 0.3 is 0 Å². The molecule has 3 aromatic rings. The van der Waals surface area contributed by atoms with Crippen LogP contribution in [0.25, 0.3) is 0 Å². The van der Waals surface area contributed by atoms with Crippen molar-refractivity contribution in [2.24, 2.45) is 23.5 Å². The third-order valence-corrected chi connectivity index (χ3v) is 12.5. The van der Waals surface area contributed by atoms with E-state index in [1.54, 1.807) is 6.20 Å². The third kappa shape index (κ3) is 16.6. The SMILES string of the molecule is CC(C)CC(=O)N[C@@H](Cc1cnc[nH]1)C(=O)N1CCC[C@H]1C(=O)N[C@@H](Cc1ccccc1)C(=O)N[C@@H](Cc1cnc[nH]1)C(=O)N[C@@H](CC1CCCCC1)[C@@H](O)CC(=O)N[C@@H](CC(C)C)C(N)=O. The van der Waals surface area contributed by atoms with Gasteiger partial charge in [0, 0.05) is 56.0 Å². The van der Waals surface area contributed by atoms with E-state index in [0.717, 1.165) is 37.7 Å². The Balaban J connectivity index is 1.36. The minimum Gasteiger partial charge on any atom is -0.390 e. The van der Waals surface area contributed by atoms with Crippen LogP contribution in [-0.4, -0.2) is 120 Å². The van der Waals surface area contributed by atoms with Gasteiger partial charge in [0.05, 0.1) is 31.2 Å². The summed E-state index contributed by atoms with van der Waals surface area (Å²) >= 11 is 0. The van der Waals surface area contributed by atoms with Crippen molar-refractivity contribution in [1.82, 2.24) is 51.4 Å². The predicted octanol–water partition coefficient (Wildman–Crippen LogP) is 1.87. The first-order chi connectivity index (χ1) is 32.1. The zero-order chi connectivity index (χ0) is 48.5. The highest BCUT2D eigenvalue weighted by Gasteiger charge is 2.40. The number of aromatic amines is 2. The zero-order valence-corrected chi connectivity index (χ0v) is 39.3. The quantitative estimate of drug-likeness (QED) is 0.0595. The van der Waals surface area contributed by atoms with E-state index in [1.165, 1.54) is 23.8 Å². The highest BCUT2D eigenvalue weighted by molar-refractivity contribution is 5.96. The van der Waals surface area contributed by atoms with Crippen molar-refractivity contribution >= 4 is 41.4 Å². The van der Waals surface area contributed by atoms with Crippen LogP contribution in [0.1, 0.15) is 115 Å². The molecule has 10 N–H and O–H groups in total. The van der Waals surface area contributed by atoms with Crippen molar-refractivity contribution in [1.29, 1.82) is 0 Å². The fraction of sp³-hybridized carbons (Fsp3) is 0.604. The molecule has 1 aromatic carbocycles. The second-order valence-electron chi connectivity index (χ2n) is 19.1. The Kier molecular flexibility index (Phi) is 19.9. The van der Waals surface area contributed by atoms with Gasteiger partial charge in [0.1, 0.15) is 30.2 Å². The Bertz CT molecular complexity index is 2060. The summed E-state index contributed by atoms with van der Waals surface area (Å²) in [6.07, 6.45) is 11.0. The molecule has 1 saturated carbocycles. The van der Waals surface area contributed by atoms with E-state index in [0.29, 0.717) is 37.1 Å². The van der Waals surface area contributed by atoms with Gasteiger partial charge < -0.3 is 52.3 Å². The number of benzene rings is 1. The van der Waals surface area contributed by atoms with Crippen molar-refractivity contribution in [2.75, 3.05) is 6.54 Å². The molecule has 1 aliphatic heterocycles. The molecule has 1 saturated heterocycles. The predicted molar refractivity (Wildman–Crippen MR) is 249 cm³/mol. The molecule has 19 nitrogen and oxygen atoms in total. The number of H-pyrrole nitrogens is 2. The average Bonchev–Trinajstić information content (AvgIpc) is 4.10. The first-order valence-electron chi connectivity index (χ1n) is 23.8. The summed E-state index contributed by atoms with van der Waals surface area (Å²) in [6, 6.07) is 2.90. The molecule has 67 heavy (non-hydrogen) atoms. The molecule has 2 fully saturated rings. The number of carbonyl (C=O) groups excluding carboxylic acids is 7. The van der Waals surface area contributed by atoms with Crippen molar-refractivity contribution in [3.8, 4) is 0 Å². The molecule has 5 rings (SSSR count). The van der Waals surface area contributed by atoms with Gasteiger partial charge in [0.15, 0.2) is 0 Å². The van der Waals surface area contributed by atoms with Gasteiger partial charge in [-0.25, -0.2) is 9.97 Å². The van der Waals surface area contributed by atoms with Crippen LogP contribution < -0.4 is 32.3 Å². The number of nitrogens with zero attached hydrogens (tertiary/aromatic N) is 3. The Morgan fingerprint density at radius 1 is 0.701 bits per heavy atom. The molecule has 366 valence electrons. The van der Waals surface area contributed by atoms with Crippen molar-refractivity contribution in [3.63, 3.8) is 0 Å². The summed E-state index contributed by atoms with van der Waals surface area (Å²) in [5.41, 5.74) is 7.46. The third-order valence-electron chi connectivity index (χ3n) is 12.5. The Hall–Kier alpha value is -6.11. The minimum atomic E-state index is -1.34. The van der Waals surface area contributed by atoms with Gasteiger partial charge in [0.2, 0.25) is 41.4 Å². The van der Waals surface area contributed by atoms with Gasteiger partial charge in [-0.1, -0.05) is 90.1 Å². The lowest BCUT2D eigenvalue weighted by Gasteiger charge is -2.32. The van der Waals surface area contributed by atoms with Crippen LogP contribution >= 0.6 is 0 Å². The molecule has 0 spiro atoms. The monoisotopic (exact) mass is 930 g/mol. The van der Waals surface area contributed by atoms with E-state index in [4.69, 9.17) is 5.73 Å². The number of hydrogen-bond acceptors (Lipinski definition) is 10. The van der Waals surface area contributed by atoms with Crippen LogP contribution in [0.4, 0.5) is 0 Å². The van der Waals surface area contributed by atoms with E-state index in [-0.39, 0.29) is 55.9 Å². The van der Waals surface area contributed by atoms with Crippen LogP contribution in [0.3, 0.4) is 0 Å². The fourth-order valence-electron chi connectivity index (χ4n) is 9.05. The van der Waals surface area contributed by atoms with Gasteiger partial charge in [-0.15, -0.1) is 0 Å². The first-order valence-corrected chi connectivity index (χ1v) is 23.8. The summed E-state index contributed by atoms with van der Waals surface area (Å²) in [5, 5.41) is 25.8. The number of primary amides is 1. The molecule has 3 heterocycles.